The van der Waals surface area contributed by atoms with Crippen molar-refractivity contribution >= 4 is 22.6 Å². The second kappa shape index (κ2) is 4.62. The van der Waals surface area contributed by atoms with Gasteiger partial charge in [0.1, 0.15) is 0 Å². The van der Waals surface area contributed by atoms with Crippen LogP contribution in [0.25, 0.3) is 22.3 Å². The molecule has 0 fully saturated rings. The zero-order valence-corrected chi connectivity index (χ0v) is 10.4. The van der Waals surface area contributed by atoms with Crippen LogP contribution in [0.3, 0.4) is 0 Å². The third-order valence-corrected chi connectivity index (χ3v) is 3.00. The summed E-state index contributed by atoms with van der Waals surface area (Å²) < 4.78 is 0. The van der Waals surface area contributed by atoms with Gasteiger partial charge in [0, 0.05) is 5.39 Å². The van der Waals surface area contributed by atoms with E-state index in [1.54, 1.807) is 30.3 Å². The lowest BCUT2D eigenvalue weighted by Gasteiger charge is -2.06. The monoisotopic (exact) mass is 265 g/mol. The zero-order chi connectivity index (χ0) is 14.1. The van der Waals surface area contributed by atoms with Crippen molar-refractivity contribution in [1.82, 2.24) is 9.97 Å². The van der Waals surface area contributed by atoms with Crippen LogP contribution in [0.4, 0.5) is 5.69 Å². The number of carboxylic acid groups (broad SMARTS) is 1. The quantitative estimate of drug-likeness (QED) is 0.743. The average Bonchev–Trinajstić information content (AvgIpc) is 2.46. The smallest absolute Gasteiger partial charge is 0.336 e. The molecular weight excluding hydrogens is 254 g/mol. The van der Waals surface area contributed by atoms with Crippen molar-refractivity contribution in [2.24, 2.45) is 0 Å². The highest BCUT2D eigenvalue weighted by Crippen LogP contribution is 2.24. The van der Waals surface area contributed by atoms with Crippen molar-refractivity contribution in [3.8, 4) is 11.4 Å². The minimum atomic E-state index is -0.986. The molecule has 0 amide bonds. The fraction of sp³-hybridized carbons (Fsp3) is 0. The highest BCUT2D eigenvalue weighted by atomic mass is 16.4. The molecule has 3 N–H and O–H groups in total. The van der Waals surface area contributed by atoms with E-state index in [-0.39, 0.29) is 5.56 Å². The van der Waals surface area contributed by atoms with Crippen LogP contribution >= 0.6 is 0 Å². The van der Waals surface area contributed by atoms with Crippen molar-refractivity contribution < 1.29 is 9.90 Å². The van der Waals surface area contributed by atoms with Gasteiger partial charge in [0.25, 0.3) is 0 Å². The van der Waals surface area contributed by atoms with E-state index < -0.39 is 5.97 Å². The Kier molecular flexibility index (Phi) is 2.80. The molecule has 3 aromatic rings. The summed E-state index contributed by atoms with van der Waals surface area (Å²) in [7, 11) is 0. The molecule has 0 aliphatic carbocycles. The van der Waals surface area contributed by atoms with Crippen LogP contribution in [0.1, 0.15) is 10.4 Å². The summed E-state index contributed by atoms with van der Waals surface area (Å²) in [6.07, 6.45) is 1.52. The van der Waals surface area contributed by atoms with E-state index in [1.165, 1.54) is 12.3 Å². The van der Waals surface area contributed by atoms with E-state index >= 15 is 0 Å². The number of nitrogen functional groups attached to an aromatic ring is 1. The zero-order valence-electron chi connectivity index (χ0n) is 10.4. The number of hydrogen-bond acceptors (Lipinski definition) is 4. The molecule has 0 aliphatic rings. The van der Waals surface area contributed by atoms with Crippen LogP contribution in [0.15, 0.2) is 48.7 Å². The molecule has 3 rings (SSSR count). The molecule has 2 aromatic heterocycles. The summed E-state index contributed by atoms with van der Waals surface area (Å²) in [5, 5.41) is 9.94. The van der Waals surface area contributed by atoms with E-state index in [0.717, 1.165) is 0 Å². The predicted octanol–water partition coefficient (Wildman–Crippen LogP) is 2.58. The number of pyridine rings is 2. The van der Waals surface area contributed by atoms with Crippen LogP contribution in [-0.2, 0) is 0 Å². The Balaban J connectivity index is 2.27. The van der Waals surface area contributed by atoms with Gasteiger partial charge in [0.2, 0.25) is 0 Å². The van der Waals surface area contributed by atoms with E-state index in [2.05, 4.69) is 9.97 Å². The molecular formula is C15H11N3O2. The Hall–Kier alpha value is -2.95. The number of aromatic nitrogens is 2. The molecule has 2 heterocycles. The standard InChI is InChI=1S/C15H11N3O2/c16-9-5-6-13(17-8-9)14-7-11(15(19)20)10-3-1-2-4-12(10)18-14/h1-8H,16H2,(H,19,20). The minimum Gasteiger partial charge on any atom is -0.478 e. The van der Waals surface area contributed by atoms with Crippen LogP contribution < -0.4 is 5.73 Å². The van der Waals surface area contributed by atoms with Crippen molar-refractivity contribution in [2.45, 2.75) is 0 Å². The topological polar surface area (TPSA) is 89.1 Å². The Morgan fingerprint density at radius 2 is 1.90 bits per heavy atom. The lowest BCUT2D eigenvalue weighted by molar-refractivity contribution is 0.0699. The fourth-order valence-corrected chi connectivity index (χ4v) is 2.04. The number of aromatic carboxylic acids is 1. The van der Waals surface area contributed by atoms with Crippen molar-refractivity contribution in [2.75, 3.05) is 5.73 Å². The number of carbonyl (C=O) groups is 1. The molecule has 5 nitrogen and oxygen atoms in total. The van der Waals surface area contributed by atoms with Gasteiger partial charge in [0.15, 0.2) is 0 Å². The maximum atomic E-state index is 11.4. The second-order valence-electron chi connectivity index (χ2n) is 4.35. The van der Waals surface area contributed by atoms with Crippen LogP contribution in [0.2, 0.25) is 0 Å². The fourth-order valence-electron chi connectivity index (χ4n) is 2.04. The number of nitrogens with zero attached hydrogens (tertiary/aromatic N) is 2. The first-order valence-corrected chi connectivity index (χ1v) is 6.00. The molecule has 0 unspecified atom stereocenters. The summed E-state index contributed by atoms with van der Waals surface area (Å²) in [4.78, 5) is 20.0. The van der Waals surface area contributed by atoms with Crippen LogP contribution in [0.5, 0.6) is 0 Å². The van der Waals surface area contributed by atoms with Crippen molar-refractivity contribution in [3.05, 3.63) is 54.2 Å². The van der Waals surface area contributed by atoms with Gasteiger partial charge in [-0.15, -0.1) is 0 Å². The van der Waals surface area contributed by atoms with Gasteiger partial charge < -0.3 is 10.8 Å². The molecule has 5 heteroatoms. The second-order valence-corrected chi connectivity index (χ2v) is 4.35. The SMILES string of the molecule is Nc1ccc(-c2cc(C(=O)O)c3ccccc3n2)nc1. The van der Waals surface area contributed by atoms with Gasteiger partial charge in [-0.25, -0.2) is 9.78 Å². The lowest BCUT2D eigenvalue weighted by Crippen LogP contribution is -2.00. The Labute approximate surface area is 114 Å². The van der Waals surface area contributed by atoms with Crippen LogP contribution in [0, 0.1) is 0 Å². The summed E-state index contributed by atoms with van der Waals surface area (Å²) in [5.74, 6) is -0.986. The number of carboxylic acids is 1. The number of para-hydroxylation sites is 1. The van der Waals surface area contributed by atoms with E-state index in [1.807, 2.05) is 6.07 Å². The summed E-state index contributed by atoms with van der Waals surface area (Å²) >= 11 is 0. The van der Waals surface area contributed by atoms with E-state index in [0.29, 0.717) is 28.0 Å². The van der Waals surface area contributed by atoms with Gasteiger partial charge in [-0.1, -0.05) is 18.2 Å². The van der Waals surface area contributed by atoms with Crippen molar-refractivity contribution in [3.63, 3.8) is 0 Å². The maximum Gasteiger partial charge on any atom is 0.336 e. The number of hydrogen-bond donors (Lipinski definition) is 2. The van der Waals surface area contributed by atoms with Gasteiger partial charge in [0.05, 0.1) is 34.4 Å². The predicted molar refractivity (Wildman–Crippen MR) is 76.3 cm³/mol. The summed E-state index contributed by atoms with van der Waals surface area (Å²) in [6.45, 7) is 0. The third kappa shape index (κ3) is 2.05. The van der Waals surface area contributed by atoms with Crippen LogP contribution in [-0.4, -0.2) is 21.0 Å². The molecule has 0 aliphatic heterocycles. The first-order chi connectivity index (χ1) is 9.65. The Morgan fingerprint density at radius 1 is 1.10 bits per heavy atom. The number of fused-ring (bicyclic) bond motifs is 1. The molecule has 0 radical (unpaired) electrons. The number of rotatable bonds is 2. The van der Waals surface area contributed by atoms with E-state index in [9.17, 15) is 9.90 Å². The van der Waals surface area contributed by atoms with Gasteiger partial charge >= 0.3 is 5.97 Å². The normalized spacial score (nSPS) is 10.6. The average molecular weight is 265 g/mol. The van der Waals surface area contributed by atoms with Gasteiger partial charge in [-0.05, 0) is 24.3 Å². The summed E-state index contributed by atoms with van der Waals surface area (Å²) in [5.41, 5.74) is 8.09. The third-order valence-electron chi connectivity index (χ3n) is 3.00. The molecule has 0 saturated heterocycles. The molecule has 20 heavy (non-hydrogen) atoms. The molecule has 1 aromatic carbocycles. The van der Waals surface area contributed by atoms with Gasteiger partial charge in [-0.3, -0.25) is 4.98 Å². The maximum absolute atomic E-state index is 11.4. The Bertz CT molecular complexity index is 798. The van der Waals surface area contributed by atoms with E-state index in [4.69, 9.17) is 5.73 Å². The lowest BCUT2D eigenvalue weighted by atomic mass is 10.1. The summed E-state index contributed by atoms with van der Waals surface area (Å²) in [6, 6.07) is 12.1. The molecule has 0 saturated carbocycles. The number of benzene rings is 1. The highest BCUT2D eigenvalue weighted by Gasteiger charge is 2.12. The van der Waals surface area contributed by atoms with Crippen molar-refractivity contribution in [1.29, 1.82) is 0 Å². The highest BCUT2D eigenvalue weighted by molar-refractivity contribution is 6.03. The molecule has 0 atom stereocenters. The minimum absolute atomic E-state index is 0.212. The molecule has 98 valence electrons. The van der Waals surface area contributed by atoms with Gasteiger partial charge in [-0.2, -0.15) is 0 Å². The number of nitrogens with two attached hydrogens (primary N) is 1. The molecule has 0 bridgehead atoms. The number of anilines is 1. The Morgan fingerprint density at radius 3 is 2.60 bits per heavy atom. The first kappa shape index (κ1) is 12.1. The largest absolute Gasteiger partial charge is 0.478 e. The molecule has 0 spiro atoms. The first-order valence-electron chi connectivity index (χ1n) is 6.00.